The van der Waals surface area contributed by atoms with Gasteiger partial charge < -0.3 is 5.32 Å². The van der Waals surface area contributed by atoms with Crippen LogP contribution >= 0.6 is 0 Å². The van der Waals surface area contributed by atoms with Crippen molar-refractivity contribution >= 4 is 0 Å². The fraction of sp³-hybridized carbons (Fsp3) is 0.824. The zero-order valence-electron chi connectivity index (χ0n) is 14.2. The summed E-state index contributed by atoms with van der Waals surface area (Å²) in [7, 11) is 1.98. The Morgan fingerprint density at radius 1 is 1.35 bits per heavy atom. The molecule has 3 heteroatoms. The Morgan fingerprint density at radius 3 is 2.55 bits per heavy atom. The molecule has 1 rings (SSSR count). The number of nitrogens with one attached hydrogen (secondary N) is 1. The third kappa shape index (κ3) is 7.09. The molecule has 1 heterocycles. The van der Waals surface area contributed by atoms with E-state index in [1.807, 2.05) is 17.9 Å². The van der Waals surface area contributed by atoms with E-state index >= 15 is 0 Å². The molecular formula is C17H33N3. The maximum Gasteiger partial charge on any atom is 0.0521 e. The van der Waals surface area contributed by atoms with Crippen molar-refractivity contribution in [2.45, 2.75) is 66.3 Å². The number of aromatic nitrogens is 2. The number of hydrogen-bond acceptors (Lipinski definition) is 2. The molecule has 0 aromatic carbocycles. The van der Waals surface area contributed by atoms with E-state index in [0.29, 0.717) is 11.5 Å². The minimum atomic E-state index is 0.430. The predicted molar refractivity (Wildman–Crippen MR) is 86.8 cm³/mol. The van der Waals surface area contributed by atoms with Crippen LogP contribution in [-0.4, -0.2) is 22.4 Å². The van der Waals surface area contributed by atoms with Crippen LogP contribution in [0.15, 0.2) is 12.4 Å². The third-order valence-corrected chi connectivity index (χ3v) is 3.68. The lowest BCUT2D eigenvalue weighted by Crippen LogP contribution is -2.31. The molecular weight excluding hydrogens is 246 g/mol. The summed E-state index contributed by atoms with van der Waals surface area (Å²) in [5.41, 5.74) is 1.78. The van der Waals surface area contributed by atoms with Gasteiger partial charge in [-0.25, -0.2) is 0 Å². The van der Waals surface area contributed by atoms with Gasteiger partial charge in [-0.3, -0.25) is 4.68 Å². The number of nitrogens with zero attached hydrogens (tertiary/aromatic N) is 2. The molecule has 2 unspecified atom stereocenters. The van der Waals surface area contributed by atoms with Crippen LogP contribution in [0.4, 0.5) is 0 Å². The van der Waals surface area contributed by atoms with E-state index in [0.717, 1.165) is 18.9 Å². The molecule has 0 radical (unpaired) electrons. The molecule has 0 aliphatic heterocycles. The van der Waals surface area contributed by atoms with Crippen LogP contribution in [0.25, 0.3) is 0 Å². The molecule has 1 aromatic heterocycles. The summed E-state index contributed by atoms with van der Waals surface area (Å²) in [5.74, 6) is 0.771. The fourth-order valence-electron chi connectivity index (χ4n) is 3.15. The van der Waals surface area contributed by atoms with Crippen molar-refractivity contribution in [1.29, 1.82) is 0 Å². The molecule has 20 heavy (non-hydrogen) atoms. The van der Waals surface area contributed by atoms with Crippen LogP contribution in [0.1, 0.15) is 59.4 Å². The van der Waals surface area contributed by atoms with E-state index in [-0.39, 0.29) is 0 Å². The average Bonchev–Trinajstić information content (AvgIpc) is 2.70. The second-order valence-corrected chi connectivity index (χ2v) is 7.42. The highest BCUT2D eigenvalue weighted by Gasteiger charge is 2.18. The quantitative estimate of drug-likeness (QED) is 0.784. The van der Waals surface area contributed by atoms with Crippen molar-refractivity contribution in [2.24, 2.45) is 18.4 Å². The Kier molecular flexibility index (Phi) is 6.74. The van der Waals surface area contributed by atoms with Crippen molar-refractivity contribution in [1.82, 2.24) is 15.1 Å². The van der Waals surface area contributed by atoms with Gasteiger partial charge in [0.25, 0.3) is 0 Å². The molecule has 2 atom stereocenters. The minimum absolute atomic E-state index is 0.430. The highest BCUT2D eigenvalue weighted by molar-refractivity contribution is 5.04. The first-order valence-corrected chi connectivity index (χ1v) is 8.01. The lowest BCUT2D eigenvalue weighted by atomic mass is 9.82. The summed E-state index contributed by atoms with van der Waals surface area (Å²) >= 11 is 0. The van der Waals surface area contributed by atoms with Crippen LogP contribution in [0.2, 0.25) is 0 Å². The zero-order chi connectivity index (χ0) is 15.2. The Hall–Kier alpha value is -0.830. The van der Waals surface area contributed by atoms with Crippen molar-refractivity contribution in [3.8, 4) is 0 Å². The second-order valence-electron chi connectivity index (χ2n) is 7.42. The van der Waals surface area contributed by atoms with Gasteiger partial charge in [-0.05, 0) is 49.1 Å². The normalized spacial score (nSPS) is 15.3. The molecule has 0 amide bonds. The minimum Gasteiger partial charge on any atom is -0.314 e. The molecule has 0 saturated heterocycles. The van der Waals surface area contributed by atoms with Crippen molar-refractivity contribution < 1.29 is 0 Å². The van der Waals surface area contributed by atoms with E-state index in [1.54, 1.807) is 0 Å². The van der Waals surface area contributed by atoms with E-state index in [4.69, 9.17) is 0 Å². The van der Waals surface area contributed by atoms with Crippen molar-refractivity contribution in [2.75, 3.05) is 6.54 Å². The third-order valence-electron chi connectivity index (χ3n) is 3.68. The maximum absolute atomic E-state index is 4.25. The zero-order valence-corrected chi connectivity index (χ0v) is 14.2. The Bertz CT molecular complexity index is 376. The van der Waals surface area contributed by atoms with E-state index in [9.17, 15) is 0 Å². The van der Waals surface area contributed by atoms with E-state index in [2.05, 4.69) is 51.2 Å². The first-order valence-electron chi connectivity index (χ1n) is 8.01. The summed E-state index contributed by atoms with van der Waals surface area (Å²) < 4.78 is 1.89. The Balaban J connectivity index is 2.43. The number of aryl methyl sites for hydroxylation is 2. The van der Waals surface area contributed by atoms with Crippen molar-refractivity contribution in [3.05, 3.63) is 18.0 Å². The Labute approximate surface area is 125 Å². The van der Waals surface area contributed by atoms with E-state index < -0.39 is 0 Å². The van der Waals surface area contributed by atoms with Gasteiger partial charge in [0, 0.05) is 19.3 Å². The second kappa shape index (κ2) is 7.82. The largest absolute Gasteiger partial charge is 0.314 e. The molecule has 0 bridgehead atoms. The standard InChI is InChI=1S/C17H33N3/c1-7-18-16(10-14(2)11-17(3,4)5)9-8-15-12-19-20(6)13-15/h12-14,16,18H,7-11H2,1-6H3. The van der Waals surface area contributed by atoms with E-state index in [1.165, 1.54) is 24.8 Å². The molecule has 1 N–H and O–H groups in total. The van der Waals surface area contributed by atoms with Gasteiger partial charge >= 0.3 is 0 Å². The lowest BCUT2D eigenvalue weighted by Gasteiger charge is -2.27. The summed E-state index contributed by atoms with van der Waals surface area (Å²) in [4.78, 5) is 0. The predicted octanol–water partition coefficient (Wildman–Crippen LogP) is 3.79. The summed E-state index contributed by atoms with van der Waals surface area (Å²) in [6, 6.07) is 0.623. The average molecular weight is 279 g/mol. The van der Waals surface area contributed by atoms with Gasteiger partial charge in [0.15, 0.2) is 0 Å². The highest BCUT2D eigenvalue weighted by Crippen LogP contribution is 2.27. The Morgan fingerprint density at radius 2 is 2.05 bits per heavy atom. The van der Waals surface area contributed by atoms with Gasteiger partial charge in [0.2, 0.25) is 0 Å². The topological polar surface area (TPSA) is 29.9 Å². The van der Waals surface area contributed by atoms with Gasteiger partial charge in [-0.2, -0.15) is 5.10 Å². The van der Waals surface area contributed by atoms with Crippen LogP contribution in [-0.2, 0) is 13.5 Å². The van der Waals surface area contributed by atoms with Gasteiger partial charge in [-0.15, -0.1) is 0 Å². The number of rotatable bonds is 8. The van der Waals surface area contributed by atoms with Gasteiger partial charge in [-0.1, -0.05) is 34.6 Å². The SMILES string of the molecule is CCNC(CCc1cnn(C)c1)CC(C)CC(C)(C)C. The highest BCUT2D eigenvalue weighted by atomic mass is 15.2. The maximum atomic E-state index is 4.25. The molecule has 3 nitrogen and oxygen atoms in total. The summed E-state index contributed by atoms with van der Waals surface area (Å²) in [6.07, 6.45) is 9.00. The van der Waals surface area contributed by atoms with Crippen LogP contribution < -0.4 is 5.32 Å². The van der Waals surface area contributed by atoms with Crippen LogP contribution in [0.5, 0.6) is 0 Å². The molecule has 0 aliphatic rings. The van der Waals surface area contributed by atoms with Gasteiger partial charge in [0.1, 0.15) is 0 Å². The number of hydrogen-bond donors (Lipinski definition) is 1. The van der Waals surface area contributed by atoms with Crippen molar-refractivity contribution in [3.63, 3.8) is 0 Å². The molecule has 1 aromatic rings. The lowest BCUT2D eigenvalue weighted by molar-refractivity contribution is 0.271. The molecule has 116 valence electrons. The molecule has 0 aliphatic carbocycles. The van der Waals surface area contributed by atoms with Crippen LogP contribution in [0, 0.1) is 11.3 Å². The monoisotopic (exact) mass is 279 g/mol. The van der Waals surface area contributed by atoms with Gasteiger partial charge in [0.05, 0.1) is 6.20 Å². The first kappa shape index (κ1) is 17.2. The summed E-state index contributed by atoms with van der Waals surface area (Å²) in [6.45, 7) is 12.6. The molecule has 0 saturated carbocycles. The van der Waals surface area contributed by atoms with Crippen LogP contribution in [0.3, 0.4) is 0 Å². The summed E-state index contributed by atoms with van der Waals surface area (Å²) in [5, 5.41) is 7.90. The smallest absolute Gasteiger partial charge is 0.0521 e. The fourth-order valence-corrected chi connectivity index (χ4v) is 3.15. The first-order chi connectivity index (χ1) is 9.30. The molecule has 0 fully saturated rings. The molecule has 0 spiro atoms.